The zero-order valence-electron chi connectivity index (χ0n) is 16.3. The summed E-state index contributed by atoms with van der Waals surface area (Å²) in [5.41, 5.74) is 1.89. The SMILES string of the molecule is Cc1noc(COc2ccccc2OCC(O)CNCCc2ccccc2)c1Cl. The molecule has 0 fully saturated rings. The Labute approximate surface area is 175 Å². The average Bonchev–Trinajstić information content (AvgIpc) is 3.07. The molecule has 3 rings (SSSR count). The van der Waals surface area contributed by atoms with E-state index < -0.39 is 6.10 Å². The smallest absolute Gasteiger partial charge is 0.192 e. The van der Waals surface area contributed by atoms with Crippen molar-refractivity contribution in [3.8, 4) is 11.5 Å². The van der Waals surface area contributed by atoms with E-state index in [4.69, 9.17) is 25.6 Å². The van der Waals surface area contributed by atoms with E-state index in [1.165, 1.54) is 5.56 Å². The summed E-state index contributed by atoms with van der Waals surface area (Å²) in [5.74, 6) is 1.55. The van der Waals surface area contributed by atoms with Gasteiger partial charge in [0.15, 0.2) is 23.9 Å². The van der Waals surface area contributed by atoms with Gasteiger partial charge in [-0.2, -0.15) is 0 Å². The number of rotatable bonds is 11. The molecule has 0 amide bonds. The molecule has 7 heteroatoms. The third kappa shape index (κ3) is 6.49. The Hall–Kier alpha value is -2.54. The highest BCUT2D eigenvalue weighted by molar-refractivity contribution is 6.31. The van der Waals surface area contributed by atoms with E-state index in [0.29, 0.717) is 34.5 Å². The standard InChI is InChI=1S/C22H25ClN2O4/c1-16-22(23)21(29-25-16)15-28-20-10-6-5-9-19(20)27-14-18(26)13-24-12-11-17-7-3-2-4-8-17/h2-10,18,24,26H,11-15H2,1H3. The number of para-hydroxylation sites is 2. The predicted molar refractivity (Wildman–Crippen MR) is 112 cm³/mol. The molecule has 1 atom stereocenters. The van der Waals surface area contributed by atoms with Crippen molar-refractivity contribution in [1.82, 2.24) is 10.5 Å². The number of aliphatic hydroxyl groups is 1. The highest BCUT2D eigenvalue weighted by Gasteiger charge is 2.13. The van der Waals surface area contributed by atoms with Crippen molar-refractivity contribution < 1.29 is 19.1 Å². The fourth-order valence-corrected chi connectivity index (χ4v) is 2.84. The molecule has 0 spiro atoms. The van der Waals surface area contributed by atoms with Crippen LogP contribution in [0.3, 0.4) is 0 Å². The summed E-state index contributed by atoms with van der Waals surface area (Å²) in [6, 6.07) is 17.5. The number of hydrogen-bond acceptors (Lipinski definition) is 6. The fourth-order valence-electron chi connectivity index (χ4n) is 2.72. The predicted octanol–water partition coefficient (Wildman–Crippen LogP) is 3.79. The van der Waals surface area contributed by atoms with E-state index in [2.05, 4.69) is 22.6 Å². The first kappa shape index (κ1) is 21.2. The Kier molecular flexibility index (Phi) is 7.93. The molecule has 3 aromatic rings. The summed E-state index contributed by atoms with van der Waals surface area (Å²) in [7, 11) is 0. The summed E-state index contributed by atoms with van der Waals surface area (Å²) >= 11 is 6.11. The highest BCUT2D eigenvalue weighted by atomic mass is 35.5. The van der Waals surface area contributed by atoms with Gasteiger partial charge < -0.3 is 24.4 Å². The summed E-state index contributed by atoms with van der Waals surface area (Å²) < 4.78 is 16.6. The molecule has 0 radical (unpaired) electrons. The minimum absolute atomic E-state index is 0.143. The number of ether oxygens (including phenoxy) is 2. The van der Waals surface area contributed by atoms with Crippen molar-refractivity contribution in [3.63, 3.8) is 0 Å². The van der Waals surface area contributed by atoms with Gasteiger partial charge in [0, 0.05) is 6.54 Å². The molecule has 0 aliphatic carbocycles. The summed E-state index contributed by atoms with van der Waals surface area (Å²) in [6.45, 7) is 3.30. The van der Waals surface area contributed by atoms with Crippen LogP contribution in [0.1, 0.15) is 17.0 Å². The number of aliphatic hydroxyl groups excluding tert-OH is 1. The van der Waals surface area contributed by atoms with E-state index in [1.54, 1.807) is 19.1 Å². The molecule has 2 N–H and O–H groups in total. The summed E-state index contributed by atoms with van der Waals surface area (Å²) in [5, 5.41) is 17.7. The number of benzene rings is 2. The van der Waals surface area contributed by atoms with Crippen LogP contribution >= 0.6 is 11.6 Å². The zero-order valence-corrected chi connectivity index (χ0v) is 17.1. The summed E-state index contributed by atoms with van der Waals surface area (Å²) in [6.07, 6.45) is 0.277. The molecule has 29 heavy (non-hydrogen) atoms. The Bertz CT molecular complexity index is 886. The number of aryl methyl sites for hydroxylation is 1. The van der Waals surface area contributed by atoms with Crippen LogP contribution in [0.15, 0.2) is 59.1 Å². The normalized spacial score (nSPS) is 12.0. The van der Waals surface area contributed by atoms with E-state index in [1.807, 2.05) is 30.3 Å². The quantitative estimate of drug-likeness (QED) is 0.463. The van der Waals surface area contributed by atoms with Gasteiger partial charge in [-0.05, 0) is 37.6 Å². The van der Waals surface area contributed by atoms with Gasteiger partial charge in [-0.3, -0.25) is 0 Å². The lowest BCUT2D eigenvalue weighted by Gasteiger charge is -2.15. The molecule has 2 aromatic carbocycles. The molecule has 1 unspecified atom stereocenters. The van der Waals surface area contributed by atoms with E-state index in [9.17, 15) is 5.11 Å². The lowest BCUT2D eigenvalue weighted by Crippen LogP contribution is -2.32. The topological polar surface area (TPSA) is 76.8 Å². The van der Waals surface area contributed by atoms with Gasteiger partial charge in [-0.1, -0.05) is 59.2 Å². The first-order chi connectivity index (χ1) is 14.1. The first-order valence-corrected chi connectivity index (χ1v) is 9.89. The Morgan fingerprint density at radius 1 is 1.07 bits per heavy atom. The van der Waals surface area contributed by atoms with Crippen molar-refractivity contribution in [2.45, 2.75) is 26.1 Å². The van der Waals surface area contributed by atoms with Crippen molar-refractivity contribution in [2.75, 3.05) is 19.7 Å². The third-order valence-corrected chi connectivity index (χ3v) is 4.79. The molecule has 0 saturated carbocycles. The molecule has 154 valence electrons. The monoisotopic (exact) mass is 416 g/mol. The van der Waals surface area contributed by atoms with Crippen molar-refractivity contribution in [1.29, 1.82) is 0 Å². The van der Waals surface area contributed by atoms with E-state index in [0.717, 1.165) is 13.0 Å². The first-order valence-electron chi connectivity index (χ1n) is 9.51. The number of hydrogen-bond donors (Lipinski definition) is 2. The molecule has 6 nitrogen and oxygen atoms in total. The van der Waals surface area contributed by atoms with Gasteiger partial charge in [0.25, 0.3) is 0 Å². The van der Waals surface area contributed by atoms with Crippen LogP contribution in [-0.4, -0.2) is 36.1 Å². The third-order valence-electron chi connectivity index (χ3n) is 4.31. The van der Waals surface area contributed by atoms with Crippen LogP contribution in [0.5, 0.6) is 11.5 Å². The lowest BCUT2D eigenvalue weighted by atomic mass is 10.1. The van der Waals surface area contributed by atoms with Gasteiger partial charge >= 0.3 is 0 Å². The maximum atomic E-state index is 10.2. The van der Waals surface area contributed by atoms with E-state index >= 15 is 0 Å². The van der Waals surface area contributed by atoms with Crippen LogP contribution in [-0.2, 0) is 13.0 Å². The van der Waals surface area contributed by atoms with Crippen LogP contribution in [0.4, 0.5) is 0 Å². The van der Waals surface area contributed by atoms with Crippen LogP contribution in [0, 0.1) is 6.92 Å². The molecule has 0 aliphatic rings. The van der Waals surface area contributed by atoms with Gasteiger partial charge in [0.1, 0.15) is 17.7 Å². The Balaban J connectivity index is 1.42. The lowest BCUT2D eigenvalue weighted by molar-refractivity contribution is 0.103. The zero-order chi connectivity index (χ0) is 20.5. The molecule has 0 aliphatic heterocycles. The maximum Gasteiger partial charge on any atom is 0.192 e. The number of halogens is 1. The van der Waals surface area contributed by atoms with Crippen LogP contribution in [0.25, 0.3) is 0 Å². The maximum absolute atomic E-state index is 10.2. The molecular weight excluding hydrogens is 392 g/mol. The van der Waals surface area contributed by atoms with Gasteiger partial charge in [0.2, 0.25) is 0 Å². The van der Waals surface area contributed by atoms with Crippen molar-refractivity contribution >= 4 is 11.6 Å². The van der Waals surface area contributed by atoms with Gasteiger partial charge in [0.05, 0.1) is 5.69 Å². The molecule has 1 heterocycles. The Morgan fingerprint density at radius 2 is 1.76 bits per heavy atom. The number of nitrogens with one attached hydrogen (secondary N) is 1. The average molecular weight is 417 g/mol. The fraction of sp³-hybridized carbons (Fsp3) is 0.318. The molecule has 0 saturated heterocycles. The van der Waals surface area contributed by atoms with Gasteiger partial charge in [-0.15, -0.1) is 0 Å². The van der Waals surface area contributed by atoms with Crippen LogP contribution < -0.4 is 14.8 Å². The molecule has 0 bridgehead atoms. The molecular formula is C22H25ClN2O4. The summed E-state index contributed by atoms with van der Waals surface area (Å²) in [4.78, 5) is 0. The van der Waals surface area contributed by atoms with Crippen molar-refractivity contribution in [2.24, 2.45) is 0 Å². The minimum Gasteiger partial charge on any atom is -0.487 e. The largest absolute Gasteiger partial charge is 0.487 e. The second-order valence-electron chi connectivity index (χ2n) is 6.65. The Morgan fingerprint density at radius 3 is 2.45 bits per heavy atom. The minimum atomic E-state index is -0.634. The number of aromatic nitrogens is 1. The second-order valence-corrected chi connectivity index (χ2v) is 7.02. The molecule has 1 aromatic heterocycles. The van der Waals surface area contributed by atoms with E-state index in [-0.39, 0.29) is 13.2 Å². The second kappa shape index (κ2) is 10.9. The number of nitrogens with zero attached hydrogens (tertiary/aromatic N) is 1. The van der Waals surface area contributed by atoms with Crippen LogP contribution in [0.2, 0.25) is 5.02 Å². The van der Waals surface area contributed by atoms with Crippen molar-refractivity contribution in [3.05, 3.63) is 76.6 Å². The van der Waals surface area contributed by atoms with Gasteiger partial charge in [-0.25, -0.2) is 0 Å². The highest BCUT2D eigenvalue weighted by Crippen LogP contribution is 2.29.